The van der Waals surface area contributed by atoms with Gasteiger partial charge in [0.15, 0.2) is 0 Å². The van der Waals surface area contributed by atoms with Crippen LogP contribution in [0, 0.1) is 17.8 Å². The lowest BCUT2D eigenvalue weighted by molar-refractivity contribution is -0.118. The van der Waals surface area contributed by atoms with Crippen molar-refractivity contribution in [3.8, 4) is 0 Å². The summed E-state index contributed by atoms with van der Waals surface area (Å²) in [4.78, 5) is 23.5. The summed E-state index contributed by atoms with van der Waals surface area (Å²) >= 11 is 0. The van der Waals surface area contributed by atoms with Crippen LogP contribution in [0.3, 0.4) is 0 Å². The number of hydrogen-bond donors (Lipinski definition) is 2. The van der Waals surface area contributed by atoms with Gasteiger partial charge in [0.05, 0.1) is 0 Å². The normalized spacial score (nSPS) is 24.7. The van der Waals surface area contributed by atoms with Gasteiger partial charge in [0.2, 0.25) is 11.8 Å². The minimum Gasteiger partial charge on any atom is -0.326 e. The van der Waals surface area contributed by atoms with Gasteiger partial charge in [-0.15, -0.1) is 0 Å². The lowest BCUT2D eigenvalue weighted by Crippen LogP contribution is -2.16. The molecular weight excluding hydrogens is 240 g/mol. The van der Waals surface area contributed by atoms with Crippen molar-refractivity contribution in [2.75, 3.05) is 10.6 Å². The zero-order chi connectivity index (χ0) is 13.4. The average molecular weight is 258 g/mol. The van der Waals surface area contributed by atoms with Crippen molar-refractivity contribution in [1.82, 2.24) is 0 Å². The molecule has 2 aliphatic carbocycles. The van der Waals surface area contributed by atoms with Gasteiger partial charge < -0.3 is 10.6 Å². The van der Waals surface area contributed by atoms with Gasteiger partial charge in [-0.1, -0.05) is 13.0 Å². The Hall–Kier alpha value is -1.84. The second kappa shape index (κ2) is 4.68. The Morgan fingerprint density at radius 3 is 2.21 bits per heavy atom. The maximum Gasteiger partial charge on any atom is 0.227 e. The molecule has 2 unspecified atom stereocenters. The third-order valence-corrected chi connectivity index (χ3v) is 3.79. The quantitative estimate of drug-likeness (QED) is 0.872. The van der Waals surface area contributed by atoms with Gasteiger partial charge in [-0.25, -0.2) is 0 Å². The molecule has 0 aliphatic heterocycles. The van der Waals surface area contributed by atoms with Crippen LogP contribution in [0.4, 0.5) is 11.4 Å². The molecule has 2 saturated carbocycles. The molecule has 1 aromatic carbocycles. The van der Waals surface area contributed by atoms with E-state index in [4.69, 9.17) is 0 Å². The van der Waals surface area contributed by atoms with E-state index in [1.807, 2.05) is 24.3 Å². The summed E-state index contributed by atoms with van der Waals surface area (Å²) in [6.45, 7) is 2.08. The van der Waals surface area contributed by atoms with Gasteiger partial charge in [0.25, 0.3) is 0 Å². The fourth-order valence-electron chi connectivity index (χ4n) is 2.19. The van der Waals surface area contributed by atoms with Crippen LogP contribution in [0.15, 0.2) is 24.3 Å². The summed E-state index contributed by atoms with van der Waals surface area (Å²) in [7, 11) is 0. The number of anilines is 2. The van der Waals surface area contributed by atoms with Crippen LogP contribution in [0.1, 0.15) is 26.2 Å². The van der Waals surface area contributed by atoms with E-state index in [-0.39, 0.29) is 23.7 Å². The monoisotopic (exact) mass is 258 g/mol. The van der Waals surface area contributed by atoms with E-state index >= 15 is 0 Å². The molecule has 0 radical (unpaired) electrons. The van der Waals surface area contributed by atoms with Crippen molar-refractivity contribution >= 4 is 23.2 Å². The average Bonchev–Trinajstić information content (AvgIpc) is 3.23. The summed E-state index contributed by atoms with van der Waals surface area (Å²) in [5.41, 5.74) is 1.50. The summed E-state index contributed by atoms with van der Waals surface area (Å²) < 4.78 is 0. The van der Waals surface area contributed by atoms with Crippen LogP contribution < -0.4 is 10.6 Å². The lowest BCUT2D eigenvalue weighted by atomic mass is 10.2. The number of carbonyl (C=O) groups is 2. The third kappa shape index (κ3) is 2.95. The molecular formula is C15H18N2O2. The number of rotatable bonds is 4. The van der Waals surface area contributed by atoms with Gasteiger partial charge >= 0.3 is 0 Å². The predicted molar refractivity (Wildman–Crippen MR) is 73.7 cm³/mol. The molecule has 2 aliphatic rings. The first-order valence-corrected chi connectivity index (χ1v) is 6.85. The Morgan fingerprint density at radius 1 is 1.11 bits per heavy atom. The number of nitrogens with one attached hydrogen (secondary N) is 2. The summed E-state index contributed by atoms with van der Waals surface area (Å²) in [5, 5.41) is 5.78. The van der Waals surface area contributed by atoms with Crippen LogP contribution in [0.5, 0.6) is 0 Å². The van der Waals surface area contributed by atoms with Gasteiger partial charge in [-0.2, -0.15) is 0 Å². The Bertz CT molecular complexity index is 523. The highest BCUT2D eigenvalue weighted by Crippen LogP contribution is 2.38. The second-order valence-corrected chi connectivity index (χ2v) is 5.65. The lowest BCUT2D eigenvalue weighted by Gasteiger charge is -2.08. The Balaban J connectivity index is 1.62. The number of benzene rings is 1. The van der Waals surface area contributed by atoms with Gasteiger partial charge in [0, 0.05) is 23.2 Å². The standard InChI is InChI=1S/C15H18N2O2/c1-9-7-13(9)15(19)17-12-4-2-3-11(8-12)16-14(18)10-5-6-10/h2-4,8-10,13H,5-7H2,1H3,(H,16,18)(H,17,19). The summed E-state index contributed by atoms with van der Waals surface area (Å²) in [5.74, 6) is 1.01. The van der Waals surface area contributed by atoms with Crippen molar-refractivity contribution in [3.63, 3.8) is 0 Å². The summed E-state index contributed by atoms with van der Waals surface area (Å²) in [6.07, 6.45) is 2.95. The molecule has 2 atom stereocenters. The topological polar surface area (TPSA) is 58.2 Å². The fraction of sp³-hybridized carbons (Fsp3) is 0.467. The molecule has 4 nitrogen and oxygen atoms in total. The van der Waals surface area contributed by atoms with E-state index < -0.39 is 0 Å². The van der Waals surface area contributed by atoms with E-state index in [0.717, 1.165) is 30.6 Å². The minimum atomic E-state index is 0.0816. The zero-order valence-electron chi connectivity index (χ0n) is 11.0. The maximum atomic E-state index is 11.8. The molecule has 4 heteroatoms. The van der Waals surface area contributed by atoms with Crippen molar-refractivity contribution in [3.05, 3.63) is 24.3 Å². The Labute approximate surface area is 112 Å². The molecule has 100 valence electrons. The van der Waals surface area contributed by atoms with E-state index in [9.17, 15) is 9.59 Å². The van der Waals surface area contributed by atoms with Crippen molar-refractivity contribution < 1.29 is 9.59 Å². The molecule has 1 aromatic rings. The Kier molecular flexibility index (Phi) is 3.01. The minimum absolute atomic E-state index is 0.0816. The molecule has 2 fully saturated rings. The van der Waals surface area contributed by atoms with E-state index in [2.05, 4.69) is 17.6 Å². The van der Waals surface area contributed by atoms with Crippen LogP contribution in [0.2, 0.25) is 0 Å². The van der Waals surface area contributed by atoms with Gasteiger partial charge in [-0.3, -0.25) is 9.59 Å². The van der Waals surface area contributed by atoms with Gasteiger partial charge in [0.1, 0.15) is 0 Å². The second-order valence-electron chi connectivity index (χ2n) is 5.65. The van der Waals surface area contributed by atoms with Crippen molar-refractivity contribution in [1.29, 1.82) is 0 Å². The maximum absolute atomic E-state index is 11.8. The Morgan fingerprint density at radius 2 is 1.68 bits per heavy atom. The van der Waals surface area contributed by atoms with Crippen molar-refractivity contribution in [2.45, 2.75) is 26.2 Å². The number of amides is 2. The molecule has 0 bridgehead atoms. The van der Waals surface area contributed by atoms with E-state index in [1.165, 1.54) is 0 Å². The first kappa shape index (κ1) is 12.2. The molecule has 0 heterocycles. The van der Waals surface area contributed by atoms with Crippen LogP contribution >= 0.6 is 0 Å². The first-order valence-electron chi connectivity index (χ1n) is 6.85. The zero-order valence-corrected chi connectivity index (χ0v) is 11.0. The highest BCUT2D eigenvalue weighted by atomic mass is 16.2. The SMILES string of the molecule is CC1CC1C(=O)Nc1cccc(NC(=O)C2CC2)c1. The molecule has 19 heavy (non-hydrogen) atoms. The molecule has 0 saturated heterocycles. The van der Waals surface area contributed by atoms with Crippen LogP contribution in [-0.4, -0.2) is 11.8 Å². The molecule has 2 N–H and O–H groups in total. The van der Waals surface area contributed by atoms with Crippen molar-refractivity contribution in [2.24, 2.45) is 17.8 Å². The van der Waals surface area contributed by atoms with Crippen LogP contribution in [0.25, 0.3) is 0 Å². The van der Waals surface area contributed by atoms with Gasteiger partial charge in [-0.05, 0) is 43.4 Å². The molecule has 0 spiro atoms. The highest BCUT2D eigenvalue weighted by molar-refractivity contribution is 5.97. The smallest absolute Gasteiger partial charge is 0.227 e. The predicted octanol–water partition coefficient (Wildman–Crippen LogP) is 2.63. The molecule has 3 rings (SSSR count). The largest absolute Gasteiger partial charge is 0.326 e. The molecule has 2 amide bonds. The fourth-order valence-corrected chi connectivity index (χ4v) is 2.19. The van der Waals surface area contributed by atoms with Crippen LogP contribution in [-0.2, 0) is 9.59 Å². The number of hydrogen-bond acceptors (Lipinski definition) is 2. The summed E-state index contributed by atoms with van der Waals surface area (Å²) in [6, 6.07) is 7.34. The van der Waals surface area contributed by atoms with E-state index in [0.29, 0.717) is 5.92 Å². The third-order valence-electron chi connectivity index (χ3n) is 3.79. The first-order chi connectivity index (χ1) is 9.13. The van der Waals surface area contributed by atoms with E-state index in [1.54, 1.807) is 0 Å². The number of carbonyl (C=O) groups excluding carboxylic acids is 2. The highest BCUT2D eigenvalue weighted by Gasteiger charge is 2.39. The molecule has 0 aromatic heterocycles.